The fourth-order valence-electron chi connectivity index (χ4n) is 2.83. The van der Waals surface area contributed by atoms with E-state index in [1.54, 1.807) is 0 Å². The number of allylic oxidation sites excluding steroid dienone is 2. The third-order valence-corrected chi connectivity index (χ3v) is 4.01. The predicted molar refractivity (Wildman–Crippen MR) is 80.2 cm³/mol. The second-order valence-electron chi connectivity index (χ2n) is 7.76. The molecule has 0 aliphatic heterocycles. The van der Waals surface area contributed by atoms with Crippen LogP contribution in [0.25, 0.3) is 0 Å². The van der Waals surface area contributed by atoms with Crippen LogP contribution in [0.4, 0.5) is 0 Å². The summed E-state index contributed by atoms with van der Waals surface area (Å²) in [7, 11) is 0. The summed E-state index contributed by atoms with van der Waals surface area (Å²) in [5.41, 5.74) is 1.95. The van der Waals surface area contributed by atoms with Gasteiger partial charge in [0.05, 0.1) is 0 Å². The highest BCUT2D eigenvalue weighted by molar-refractivity contribution is 5.19. The van der Waals surface area contributed by atoms with Crippen molar-refractivity contribution >= 4 is 0 Å². The molecule has 0 spiro atoms. The van der Waals surface area contributed by atoms with Crippen LogP contribution in [0.5, 0.6) is 0 Å². The SMILES string of the molecule is C.[3H]C(C)(C)C1=CC(C(C)(C)C)C(C(C)(C)C)C1. The van der Waals surface area contributed by atoms with Crippen molar-refractivity contribution in [3.05, 3.63) is 11.6 Å². The molecule has 0 saturated carbocycles. The van der Waals surface area contributed by atoms with Gasteiger partial charge in [0.25, 0.3) is 0 Å². The molecule has 0 bridgehead atoms. The van der Waals surface area contributed by atoms with Crippen molar-refractivity contribution in [1.29, 1.82) is 0 Å². The van der Waals surface area contributed by atoms with Gasteiger partial charge in [-0.2, -0.15) is 0 Å². The van der Waals surface area contributed by atoms with Crippen LogP contribution >= 0.6 is 0 Å². The Bertz CT molecular complexity index is 304. The molecule has 0 aromatic rings. The van der Waals surface area contributed by atoms with Gasteiger partial charge in [-0.1, -0.05) is 74.5 Å². The Balaban J connectivity index is 0.00000289. The summed E-state index contributed by atoms with van der Waals surface area (Å²) in [6, 6.07) is 0. The average molecular weight is 240 g/mol. The standard InChI is InChI=1S/C16H30.CH4/c1-11(2)12-9-13(15(3,4)5)14(10-12)16(6,7)8;/h9,11,13-14H,10H2,1-8H3;1H4/i11T;. The quantitative estimate of drug-likeness (QED) is 0.498. The molecule has 1 aliphatic rings. The lowest BCUT2D eigenvalue weighted by Crippen LogP contribution is -2.32. The topological polar surface area (TPSA) is 0 Å². The van der Waals surface area contributed by atoms with Gasteiger partial charge in [0, 0.05) is 1.37 Å². The molecule has 0 aromatic heterocycles. The maximum atomic E-state index is 8.25. The van der Waals surface area contributed by atoms with Crippen molar-refractivity contribution < 1.29 is 1.37 Å². The molecule has 102 valence electrons. The van der Waals surface area contributed by atoms with Crippen LogP contribution in [0.1, 0.15) is 70.6 Å². The van der Waals surface area contributed by atoms with Gasteiger partial charge in [0.1, 0.15) is 0 Å². The Morgan fingerprint density at radius 2 is 1.59 bits per heavy atom. The molecule has 0 amide bonds. The summed E-state index contributed by atoms with van der Waals surface area (Å²) in [5.74, 6) is 0.855. The third-order valence-electron chi connectivity index (χ3n) is 4.01. The Morgan fingerprint density at radius 1 is 1.12 bits per heavy atom. The van der Waals surface area contributed by atoms with E-state index in [9.17, 15) is 0 Å². The summed E-state index contributed by atoms with van der Waals surface area (Å²) < 4.78 is 8.25. The van der Waals surface area contributed by atoms with Gasteiger partial charge in [-0.15, -0.1) is 0 Å². The molecule has 0 heterocycles. The van der Waals surface area contributed by atoms with Crippen molar-refractivity contribution in [2.24, 2.45) is 28.6 Å². The van der Waals surface area contributed by atoms with Crippen molar-refractivity contribution in [2.75, 3.05) is 0 Å². The minimum atomic E-state index is -0.413. The fraction of sp³-hybridized carbons (Fsp3) is 0.882. The van der Waals surface area contributed by atoms with Crippen LogP contribution < -0.4 is 0 Å². The largest absolute Gasteiger partial charge is 0.0811 e. The first kappa shape index (κ1) is 14.8. The number of rotatable bonds is 1. The highest BCUT2D eigenvalue weighted by Gasteiger charge is 2.41. The Morgan fingerprint density at radius 3 is 1.82 bits per heavy atom. The van der Waals surface area contributed by atoms with Crippen LogP contribution in [-0.2, 0) is 0 Å². The maximum Gasteiger partial charge on any atom is 0.0343 e. The Labute approximate surface area is 111 Å². The van der Waals surface area contributed by atoms with E-state index in [0.717, 1.165) is 6.42 Å². The first-order valence-corrected chi connectivity index (χ1v) is 6.54. The van der Waals surface area contributed by atoms with E-state index in [2.05, 4.69) is 47.6 Å². The second kappa shape index (κ2) is 5.16. The lowest BCUT2D eigenvalue weighted by Gasteiger charge is -2.39. The molecule has 0 nitrogen and oxygen atoms in total. The molecule has 17 heavy (non-hydrogen) atoms. The Kier molecular flexibility index (Phi) is 4.49. The van der Waals surface area contributed by atoms with E-state index >= 15 is 0 Å². The molecular formula is C17H34. The molecule has 1 rings (SSSR count). The highest BCUT2D eigenvalue weighted by Crippen LogP contribution is 2.50. The van der Waals surface area contributed by atoms with E-state index in [0.29, 0.717) is 22.7 Å². The van der Waals surface area contributed by atoms with Gasteiger partial charge in [-0.25, -0.2) is 0 Å². The van der Waals surface area contributed by atoms with E-state index in [-0.39, 0.29) is 7.43 Å². The molecule has 2 unspecified atom stereocenters. The van der Waals surface area contributed by atoms with Gasteiger partial charge < -0.3 is 0 Å². The van der Waals surface area contributed by atoms with Crippen LogP contribution in [0.15, 0.2) is 11.6 Å². The van der Waals surface area contributed by atoms with Crippen molar-refractivity contribution in [3.8, 4) is 0 Å². The summed E-state index contributed by atoms with van der Waals surface area (Å²) in [6.07, 6.45) is 3.50. The van der Waals surface area contributed by atoms with E-state index in [1.165, 1.54) is 5.57 Å². The minimum absolute atomic E-state index is 0. The molecule has 2 atom stereocenters. The number of hydrogen-bond acceptors (Lipinski definition) is 0. The average Bonchev–Trinajstić information content (AvgIpc) is 2.42. The zero-order valence-electron chi connectivity index (χ0n) is 13.4. The molecule has 0 heteroatoms. The maximum absolute atomic E-state index is 8.25. The fourth-order valence-corrected chi connectivity index (χ4v) is 2.83. The van der Waals surface area contributed by atoms with Gasteiger partial charge in [0.2, 0.25) is 0 Å². The van der Waals surface area contributed by atoms with Crippen LogP contribution in [-0.4, -0.2) is 0 Å². The monoisotopic (exact) mass is 240 g/mol. The lowest BCUT2D eigenvalue weighted by molar-refractivity contribution is 0.118. The minimum Gasteiger partial charge on any atom is -0.0811 e. The first-order chi connectivity index (χ1) is 7.33. The molecule has 0 aromatic carbocycles. The summed E-state index contributed by atoms with van der Waals surface area (Å²) in [6.45, 7) is 18.0. The summed E-state index contributed by atoms with van der Waals surface area (Å²) >= 11 is 0. The van der Waals surface area contributed by atoms with E-state index in [4.69, 9.17) is 1.37 Å². The smallest absolute Gasteiger partial charge is 0.0343 e. The molecule has 0 radical (unpaired) electrons. The third kappa shape index (κ3) is 3.86. The molecular weight excluding hydrogens is 204 g/mol. The van der Waals surface area contributed by atoms with Crippen molar-refractivity contribution in [2.45, 2.75) is 69.2 Å². The normalized spacial score (nSPS) is 27.3. The van der Waals surface area contributed by atoms with Gasteiger partial charge in [0.15, 0.2) is 0 Å². The van der Waals surface area contributed by atoms with Crippen molar-refractivity contribution in [1.82, 2.24) is 0 Å². The molecule has 0 fully saturated rings. The van der Waals surface area contributed by atoms with Gasteiger partial charge in [-0.3, -0.25) is 0 Å². The zero-order chi connectivity index (χ0) is 13.6. The van der Waals surface area contributed by atoms with Gasteiger partial charge in [-0.05, 0) is 35.0 Å². The second-order valence-corrected chi connectivity index (χ2v) is 7.76. The first-order valence-electron chi connectivity index (χ1n) is 7.04. The highest BCUT2D eigenvalue weighted by atomic mass is 14.5. The molecule has 0 N–H and O–H groups in total. The number of hydrogen-bond donors (Lipinski definition) is 0. The van der Waals surface area contributed by atoms with Crippen LogP contribution in [0, 0.1) is 28.6 Å². The van der Waals surface area contributed by atoms with E-state index in [1.807, 2.05) is 13.8 Å². The summed E-state index contributed by atoms with van der Waals surface area (Å²) in [5, 5.41) is 0. The molecule has 1 aliphatic carbocycles. The van der Waals surface area contributed by atoms with Gasteiger partial charge >= 0.3 is 0 Å². The van der Waals surface area contributed by atoms with Crippen molar-refractivity contribution in [3.63, 3.8) is 0 Å². The summed E-state index contributed by atoms with van der Waals surface area (Å²) in [4.78, 5) is 0. The van der Waals surface area contributed by atoms with Crippen LogP contribution in [0.3, 0.4) is 0 Å². The zero-order valence-corrected chi connectivity index (χ0v) is 12.4. The lowest BCUT2D eigenvalue weighted by atomic mass is 9.66. The van der Waals surface area contributed by atoms with E-state index < -0.39 is 5.89 Å². The van der Waals surface area contributed by atoms with Crippen LogP contribution in [0.2, 0.25) is 0 Å². The predicted octanol–water partition coefficient (Wildman–Crippen LogP) is 5.93. The Hall–Kier alpha value is -0.260. The molecule has 0 saturated heterocycles.